The molecule has 1 aliphatic rings. The van der Waals surface area contributed by atoms with Crippen molar-refractivity contribution in [1.82, 2.24) is 24.7 Å². The number of rotatable bonds is 5. The molecular formula is C23H28ClN5O2. The summed E-state index contributed by atoms with van der Waals surface area (Å²) in [6.07, 6.45) is 0.370. The van der Waals surface area contributed by atoms with Gasteiger partial charge in [-0.1, -0.05) is 16.8 Å². The average molecular weight is 442 g/mol. The van der Waals surface area contributed by atoms with E-state index in [9.17, 15) is 4.79 Å². The highest BCUT2D eigenvalue weighted by molar-refractivity contribution is 6.30. The van der Waals surface area contributed by atoms with E-state index in [0.717, 1.165) is 72.4 Å². The Bertz CT molecular complexity index is 1060. The fourth-order valence-corrected chi connectivity index (χ4v) is 4.26. The van der Waals surface area contributed by atoms with Gasteiger partial charge in [0.05, 0.1) is 23.5 Å². The third-order valence-electron chi connectivity index (χ3n) is 6.13. The molecule has 0 spiro atoms. The maximum Gasteiger partial charge on any atom is 0.227 e. The van der Waals surface area contributed by atoms with Crippen molar-refractivity contribution in [2.24, 2.45) is 0 Å². The molecule has 0 N–H and O–H groups in total. The smallest absolute Gasteiger partial charge is 0.227 e. The van der Waals surface area contributed by atoms with Crippen molar-refractivity contribution < 1.29 is 9.32 Å². The number of amides is 1. The van der Waals surface area contributed by atoms with Crippen molar-refractivity contribution >= 4 is 17.5 Å². The fourth-order valence-electron chi connectivity index (χ4n) is 4.13. The van der Waals surface area contributed by atoms with E-state index in [2.05, 4.69) is 15.2 Å². The van der Waals surface area contributed by atoms with Crippen molar-refractivity contribution in [3.8, 4) is 5.69 Å². The Kier molecular flexibility index (Phi) is 6.16. The largest absolute Gasteiger partial charge is 0.361 e. The molecule has 0 bridgehead atoms. The number of hydrogen-bond donors (Lipinski definition) is 0. The summed E-state index contributed by atoms with van der Waals surface area (Å²) in [5.74, 6) is 1.03. The normalized spacial score (nSPS) is 14.9. The number of aromatic nitrogens is 3. The Morgan fingerprint density at radius 1 is 1.00 bits per heavy atom. The van der Waals surface area contributed by atoms with Crippen LogP contribution in [-0.2, 0) is 17.8 Å². The van der Waals surface area contributed by atoms with Gasteiger partial charge in [-0.15, -0.1) is 0 Å². The lowest BCUT2D eigenvalue weighted by Gasteiger charge is -2.34. The highest BCUT2D eigenvalue weighted by atomic mass is 35.5. The molecule has 0 aliphatic carbocycles. The van der Waals surface area contributed by atoms with Crippen molar-refractivity contribution in [3.63, 3.8) is 0 Å². The summed E-state index contributed by atoms with van der Waals surface area (Å²) in [5.41, 5.74) is 5.91. The molecule has 1 saturated heterocycles. The molecule has 0 atom stereocenters. The van der Waals surface area contributed by atoms with Crippen LogP contribution in [-0.4, -0.2) is 56.8 Å². The Hall–Kier alpha value is -2.64. The first kappa shape index (κ1) is 21.6. The molecule has 1 amide bonds. The van der Waals surface area contributed by atoms with E-state index in [1.807, 2.05) is 61.5 Å². The molecule has 0 saturated carbocycles. The maximum atomic E-state index is 13.0. The van der Waals surface area contributed by atoms with Gasteiger partial charge in [-0.25, -0.2) is 4.68 Å². The van der Waals surface area contributed by atoms with Crippen LogP contribution in [0.25, 0.3) is 5.69 Å². The number of hydrogen-bond acceptors (Lipinski definition) is 5. The van der Waals surface area contributed by atoms with Gasteiger partial charge in [0.2, 0.25) is 5.91 Å². The third-order valence-corrected chi connectivity index (χ3v) is 6.38. The van der Waals surface area contributed by atoms with E-state index < -0.39 is 0 Å². The second kappa shape index (κ2) is 8.85. The van der Waals surface area contributed by atoms with Crippen LogP contribution < -0.4 is 0 Å². The monoisotopic (exact) mass is 441 g/mol. The minimum absolute atomic E-state index is 0.152. The fraction of sp³-hybridized carbons (Fsp3) is 0.435. The first-order chi connectivity index (χ1) is 14.8. The SMILES string of the molecule is Cc1noc(C)c1CN1CCN(C(=O)Cc2c(C)nn(-c3ccc(Cl)cc3)c2C)CC1. The Labute approximate surface area is 187 Å². The topological polar surface area (TPSA) is 67.4 Å². The first-order valence-electron chi connectivity index (χ1n) is 10.6. The standard InChI is InChI=1S/C23H28ClN5O2/c1-15-21(17(3)29(25-15)20-7-5-19(24)6-8-20)13-23(30)28-11-9-27(10-12-28)14-22-16(2)26-31-18(22)4/h5-8H,9-14H2,1-4H3. The Morgan fingerprint density at radius 2 is 1.68 bits per heavy atom. The lowest BCUT2D eigenvalue weighted by atomic mass is 10.1. The van der Waals surface area contributed by atoms with Crippen molar-refractivity contribution in [1.29, 1.82) is 0 Å². The van der Waals surface area contributed by atoms with Gasteiger partial charge >= 0.3 is 0 Å². The molecule has 164 valence electrons. The summed E-state index contributed by atoms with van der Waals surface area (Å²) >= 11 is 6.00. The van der Waals surface area contributed by atoms with Crippen LogP contribution in [0.1, 0.15) is 34.0 Å². The molecule has 0 unspecified atom stereocenters. The van der Waals surface area contributed by atoms with E-state index >= 15 is 0 Å². The van der Waals surface area contributed by atoms with E-state index in [-0.39, 0.29) is 5.91 Å². The second-order valence-electron chi connectivity index (χ2n) is 8.17. The highest BCUT2D eigenvalue weighted by Crippen LogP contribution is 2.21. The number of aryl methyl sites for hydroxylation is 3. The maximum absolute atomic E-state index is 13.0. The first-order valence-corrected chi connectivity index (χ1v) is 10.9. The molecule has 4 rings (SSSR count). The van der Waals surface area contributed by atoms with Gasteiger partial charge in [-0.2, -0.15) is 5.10 Å². The van der Waals surface area contributed by atoms with Crippen molar-refractivity contribution in [2.75, 3.05) is 26.2 Å². The molecule has 3 heterocycles. The number of piperazine rings is 1. The van der Waals surface area contributed by atoms with Gasteiger partial charge < -0.3 is 9.42 Å². The molecule has 0 radical (unpaired) electrons. The number of benzene rings is 1. The van der Waals surface area contributed by atoms with Crippen molar-refractivity contribution in [2.45, 2.75) is 40.7 Å². The zero-order valence-corrected chi connectivity index (χ0v) is 19.2. The van der Waals surface area contributed by atoms with Crippen LogP contribution in [0.2, 0.25) is 5.02 Å². The van der Waals surface area contributed by atoms with Crippen LogP contribution in [0.15, 0.2) is 28.8 Å². The predicted molar refractivity (Wildman–Crippen MR) is 120 cm³/mol. The molecule has 8 heteroatoms. The van der Waals surface area contributed by atoms with E-state index in [4.69, 9.17) is 16.1 Å². The summed E-state index contributed by atoms with van der Waals surface area (Å²) in [7, 11) is 0. The quantitative estimate of drug-likeness (QED) is 0.604. The van der Waals surface area contributed by atoms with Gasteiger partial charge in [0.1, 0.15) is 5.76 Å². The van der Waals surface area contributed by atoms with Crippen LogP contribution in [0.4, 0.5) is 0 Å². The molecule has 31 heavy (non-hydrogen) atoms. The minimum Gasteiger partial charge on any atom is -0.361 e. The van der Waals surface area contributed by atoms with Gasteiger partial charge in [0.25, 0.3) is 0 Å². The Morgan fingerprint density at radius 3 is 2.29 bits per heavy atom. The minimum atomic E-state index is 0.152. The highest BCUT2D eigenvalue weighted by Gasteiger charge is 2.25. The number of halogens is 1. The number of carbonyl (C=O) groups excluding carboxylic acids is 1. The predicted octanol–water partition coefficient (Wildman–Crippen LogP) is 3.63. The lowest BCUT2D eigenvalue weighted by Crippen LogP contribution is -2.48. The zero-order valence-electron chi connectivity index (χ0n) is 18.5. The number of nitrogens with zero attached hydrogens (tertiary/aromatic N) is 5. The molecule has 7 nitrogen and oxygen atoms in total. The molecule has 3 aromatic rings. The molecule has 1 aliphatic heterocycles. The summed E-state index contributed by atoms with van der Waals surface area (Å²) in [5, 5.41) is 9.38. The summed E-state index contributed by atoms with van der Waals surface area (Å²) in [4.78, 5) is 17.3. The molecule has 2 aromatic heterocycles. The number of carbonyl (C=O) groups is 1. The Balaban J connectivity index is 1.39. The molecular weight excluding hydrogens is 414 g/mol. The van der Waals surface area contributed by atoms with Gasteiger partial charge in [-0.05, 0) is 52.0 Å². The van der Waals surface area contributed by atoms with Crippen LogP contribution in [0.3, 0.4) is 0 Å². The van der Waals surface area contributed by atoms with Crippen molar-refractivity contribution in [3.05, 3.63) is 63.3 Å². The van der Waals surface area contributed by atoms with E-state index in [0.29, 0.717) is 11.4 Å². The van der Waals surface area contributed by atoms with Crippen LogP contribution >= 0.6 is 11.6 Å². The lowest BCUT2D eigenvalue weighted by molar-refractivity contribution is -0.132. The van der Waals surface area contributed by atoms with Gasteiger partial charge in [0.15, 0.2) is 0 Å². The van der Waals surface area contributed by atoms with Crippen LogP contribution in [0, 0.1) is 27.7 Å². The average Bonchev–Trinajstić information content (AvgIpc) is 3.22. The third kappa shape index (κ3) is 4.52. The van der Waals surface area contributed by atoms with Gasteiger partial charge in [-0.3, -0.25) is 9.69 Å². The van der Waals surface area contributed by atoms with E-state index in [1.165, 1.54) is 0 Å². The zero-order chi connectivity index (χ0) is 22.1. The van der Waals surface area contributed by atoms with E-state index in [1.54, 1.807) is 0 Å². The summed E-state index contributed by atoms with van der Waals surface area (Å²) in [6.45, 7) is 11.9. The summed E-state index contributed by atoms with van der Waals surface area (Å²) < 4.78 is 7.15. The second-order valence-corrected chi connectivity index (χ2v) is 8.61. The molecule has 1 aromatic carbocycles. The summed E-state index contributed by atoms with van der Waals surface area (Å²) in [6, 6.07) is 7.57. The molecule has 1 fully saturated rings. The van der Waals surface area contributed by atoms with Crippen LogP contribution in [0.5, 0.6) is 0 Å². The van der Waals surface area contributed by atoms with Gasteiger partial charge in [0, 0.05) is 54.6 Å².